The maximum Gasteiger partial charge on any atom is 0.258 e. The van der Waals surface area contributed by atoms with Gasteiger partial charge in [-0.05, 0) is 72.1 Å². The zero-order valence-corrected chi connectivity index (χ0v) is 17.6. The van der Waals surface area contributed by atoms with Crippen molar-refractivity contribution in [2.45, 2.75) is 12.8 Å². The normalized spacial score (nSPS) is 12.4. The van der Waals surface area contributed by atoms with Gasteiger partial charge in [0.2, 0.25) is 5.91 Å². The van der Waals surface area contributed by atoms with E-state index in [1.165, 1.54) is 5.56 Å². The number of carbonyl (C=O) groups excluding carboxylic acids is 2. The lowest BCUT2D eigenvalue weighted by molar-refractivity contribution is -0.115. The minimum Gasteiger partial charge on any atom is -0.326 e. The van der Waals surface area contributed by atoms with Crippen molar-refractivity contribution >= 4 is 23.2 Å². The van der Waals surface area contributed by atoms with Crippen LogP contribution in [0, 0.1) is 0 Å². The molecule has 2 heterocycles. The van der Waals surface area contributed by atoms with Crippen molar-refractivity contribution in [1.29, 1.82) is 0 Å². The van der Waals surface area contributed by atoms with Crippen LogP contribution < -0.4 is 10.2 Å². The van der Waals surface area contributed by atoms with E-state index in [4.69, 9.17) is 0 Å². The molecular weight excluding hydrogens is 398 g/mol. The van der Waals surface area contributed by atoms with Gasteiger partial charge in [0.25, 0.3) is 5.91 Å². The molecule has 5 heteroatoms. The molecule has 0 spiro atoms. The number of benzene rings is 3. The summed E-state index contributed by atoms with van der Waals surface area (Å²) in [4.78, 5) is 27.2. The van der Waals surface area contributed by atoms with Crippen LogP contribution in [-0.2, 0) is 17.6 Å². The summed E-state index contributed by atoms with van der Waals surface area (Å²) in [7, 11) is 0. The molecule has 0 bridgehead atoms. The predicted octanol–water partition coefficient (Wildman–Crippen LogP) is 4.86. The fourth-order valence-electron chi connectivity index (χ4n) is 4.08. The lowest BCUT2D eigenvalue weighted by Gasteiger charge is -2.17. The summed E-state index contributed by atoms with van der Waals surface area (Å²) < 4.78 is 2.02. The van der Waals surface area contributed by atoms with Crippen LogP contribution in [-0.4, -0.2) is 22.9 Å². The lowest BCUT2D eigenvalue weighted by Crippen LogP contribution is -2.28. The number of anilines is 2. The molecule has 0 fully saturated rings. The molecule has 0 unspecified atom stereocenters. The monoisotopic (exact) mass is 421 g/mol. The van der Waals surface area contributed by atoms with Crippen molar-refractivity contribution in [2.24, 2.45) is 0 Å². The average molecular weight is 422 g/mol. The molecule has 0 saturated carbocycles. The number of nitrogens with zero attached hydrogens (tertiary/aromatic N) is 2. The summed E-state index contributed by atoms with van der Waals surface area (Å²) in [6, 6.07) is 27.0. The largest absolute Gasteiger partial charge is 0.326 e. The summed E-state index contributed by atoms with van der Waals surface area (Å²) in [6.45, 7) is 0.694. The maximum atomic E-state index is 12.9. The van der Waals surface area contributed by atoms with Gasteiger partial charge < -0.3 is 14.8 Å². The molecule has 5 rings (SSSR count). The molecule has 0 aliphatic carbocycles. The molecule has 158 valence electrons. The van der Waals surface area contributed by atoms with Crippen LogP contribution in [0.15, 0.2) is 97.3 Å². The second-order valence-electron chi connectivity index (χ2n) is 7.89. The minimum absolute atomic E-state index is 0.0180. The number of hydrogen-bond donors (Lipinski definition) is 1. The van der Waals surface area contributed by atoms with Gasteiger partial charge in [0.05, 0.1) is 6.42 Å². The van der Waals surface area contributed by atoms with Gasteiger partial charge >= 0.3 is 0 Å². The molecule has 4 aromatic rings. The van der Waals surface area contributed by atoms with Crippen molar-refractivity contribution in [3.63, 3.8) is 0 Å². The number of carbonyl (C=O) groups is 2. The number of rotatable bonds is 5. The third-order valence-corrected chi connectivity index (χ3v) is 5.75. The highest BCUT2D eigenvalue weighted by atomic mass is 16.2. The van der Waals surface area contributed by atoms with Gasteiger partial charge in [-0.3, -0.25) is 9.59 Å². The van der Waals surface area contributed by atoms with Crippen molar-refractivity contribution in [3.05, 3.63) is 114 Å². The Morgan fingerprint density at radius 1 is 0.812 bits per heavy atom. The highest BCUT2D eigenvalue weighted by Crippen LogP contribution is 2.29. The Balaban J connectivity index is 1.20. The third-order valence-electron chi connectivity index (χ3n) is 5.75. The maximum absolute atomic E-state index is 12.9. The molecule has 0 saturated heterocycles. The lowest BCUT2D eigenvalue weighted by atomic mass is 10.1. The summed E-state index contributed by atoms with van der Waals surface area (Å²) in [6.07, 6.45) is 5.14. The van der Waals surface area contributed by atoms with Gasteiger partial charge in [-0.2, -0.15) is 0 Å². The molecule has 32 heavy (non-hydrogen) atoms. The summed E-state index contributed by atoms with van der Waals surface area (Å²) in [5.41, 5.74) is 5.47. The van der Waals surface area contributed by atoms with Crippen LogP contribution in [0.5, 0.6) is 0 Å². The van der Waals surface area contributed by atoms with E-state index in [0.717, 1.165) is 23.4 Å². The Bertz CT molecular complexity index is 1240. The molecule has 1 aromatic heterocycles. The van der Waals surface area contributed by atoms with E-state index in [9.17, 15) is 9.59 Å². The molecule has 1 aliphatic rings. The molecule has 1 aliphatic heterocycles. The average Bonchev–Trinajstić information content (AvgIpc) is 3.50. The summed E-state index contributed by atoms with van der Waals surface area (Å²) in [5.74, 6) is -0.109. The van der Waals surface area contributed by atoms with Crippen LogP contribution >= 0.6 is 0 Å². The first-order valence-corrected chi connectivity index (χ1v) is 10.7. The smallest absolute Gasteiger partial charge is 0.258 e. The Kier molecular flexibility index (Phi) is 5.30. The van der Waals surface area contributed by atoms with Crippen LogP contribution in [0.4, 0.5) is 11.4 Å². The standard InChI is InChI=1S/C27H23N3O2/c31-26(19-20-7-13-24(14-8-20)29-16-3-4-17-29)28-23-11-9-22(10-12-23)27(32)30-18-15-21-5-1-2-6-25(21)30/h1-14,16-17H,15,18-19H2,(H,28,31). The SMILES string of the molecule is O=C(Cc1ccc(-n2cccc2)cc1)Nc1ccc(C(=O)N2CCc3ccccc32)cc1. The zero-order valence-electron chi connectivity index (χ0n) is 17.6. The zero-order chi connectivity index (χ0) is 21.9. The third kappa shape index (κ3) is 4.05. The van der Waals surface area contributed by atoms with E-state index in [1.807, 2.05) is 76.5 Å². The Morgan fingerprint density at radius 3 is 2.28 bits per heavy atom. The second-order valence-corrected chi connectivity index (χ2v) is 7.89. The number of amides is 2. The molecular formula is C27H23N3O2. The van der Waals surface area contributed by atoms with E-state index in [1.54, 1.807) is 24.3 Å². The van der Waals surface area contributed by atoms with Crippen molar-refractivity contribution in [1.82, 2.24) is 4.57 Å². The van der Waals surface area contributed by atoms with Gasteiger partial charge in [-0.25, -0.2) is 0 Å². The number of hydrogen-bond acceptors (Lipinski definition) is 2. The quantitative estimate of drug-likeness (QED) is 0.500. The molecule has 0 radical (unpaired) electrons. The number of nitrogens with one attached hydrogen (secondary N) is 1. The van der Waals surface area contributed by atoms with E-state index in [2.05, 4.69) is 11.4 Å². The minimum atomic E-state index is -0.0914. The van der Waals surface area contributed by atoms with E-state index >= 15 is 0 Å². The Hall–Kier alpha value is -4.12. The van der Waals surface area contributed by atoms with Crippen LogP contribution in [0.25, 0.3) is 5.69 Å². The first-order chi connectivity index (χ1) is 15.7. The van der Waals surface area contributed by atoms with E-state index < -0.39 is 0 Å². The van der Waals surface area contributed by atoms with Gasteiger partial charge in [0, 0.05) is 41.6 Å². The topological polar surface area (TPSA) is 54.3 Å². The van der Waals surface area contributed by atoms with Crippen molar-refractivity contribution in [3.8, 4) is 5.69 Å². The molecule has 1 N–H and O–H groups in total. The fourth-order valence-corrected chi connectivity index (χ4v) is 4.08. The Morgan fingerprint density at radius 2 is 1.53 bits per heavy atom. The molecule has 5 nitrogen and oxygen atoms in total. The fraction of sp³-hybridized carbons (Fsp3) is 0.111. The molecule has 3 aromatic carbocycles. The van der Waals surface area contributed by atoms with Crippen molar-refractivity contribution < 1.29 is 9.59 Å². The van der Waals surface area contributed by atoms with Crippen LogP contribution in [0.2, 0.25) is 0 Å². The summed E-state index contributed by atoms with van der Waals surface area (Å²) in [5, 5.41) is 2.91. The summed E-state index contributed by atoms with van der Waals surface area (Å²) >= 11 is 0. The molecule has 2 amide bonds. The van der Waals surface area contributed by atoms with E-state index in [0.29, 0.717) is 17.8 Å². The number of fused-ring (bicyclic) bond motifs is 1. The van der Waals surface area contributed by atoms with Gasteiger partial charge in [-0.1, -0.05) is 30.3 Å². The van der Waals surface area contributed by atoms with Gasteiger partial charge in [0.1, 0.15) is 0 Å². The first-order valence-electron chi connectivity index (χ1n) is 10.7. The van der Waals surface area contributed by atoms with Gasteiger partial charge in [-0.15, -0.1) is 0 Å². The van der Waals surface area contributed by atoms with Crippen LogP contribution in [0.3, 0.4) is 0 Å². The molecule has 0 atom stereocenters. The Labute approximate surface area is 186 Å². The van der Waals surface area contributed by atoms with Crippen molar-refractivity contribution in [2.75, 3.05) is 16.8 Å². The highest BCUT2D eigenvalue weighted by molar-refractivity contribution is 6.07. The number of para-hydroxylation sites is 1. The van der Waals surface area contributed by atoms with Gasteiger partial charge in [0.15, 0.2) is 0 Å². The predicted molar refractivity (Wildman–Crippen MR) is 126 cm³/mol. The second kappa shape index (κ2) is 8.55. The first kappa shape index (κ1) is 19.8. The van der Waals surface area contributed by atoms with E-state index in [-0.39, 0.29) is 18.2 Å². The van der Waals surface area contributed by atoms with Crippen LogP contribution in [0.1, 0.15) is 21.5 Å². The number of aromatic nitrogens is 1. The highest BCUT2D eigenvalue weighted by Gasteiger charge is 2.25.